The second-order valence-electron chi connectivity index (χ2n) is 6.90. The lowest BCUT2D eigenvalue weighted by Crippen LogP contribution is -2.26. The first-order valence-corrected chi connectivity index (χ1v) is 10.4. The smallest absolute Gasteiger partial charge is 0.251 e. The Morgan fingerprint density at radius 2 is 1.86 bits per heavy atom. The number of aromatic nitrogens is 3. The number of carbonyl (C=O) groups is 1. The van der Waals surface area contributed by atoms with E-state index in [1.54, 1.807) is 26.0 Å². The van der Waals surface area contributed by atoms with Crippen molar-refractivity contribution in [2.75, 3.05) is 34.0 Å². The average molecular weight is 407 g/mol. The Hall–Kier alpha value is -1.90. The molecule has 1 N–H and O–H groups in total. The van der Waals surface area contributed by atoms with Gasteiger partial charge in [0, 0.05) is 38.0 Å². The molecule has 1 aromatic heterocycles. The Morgan fingerprint density at radius 3 is 2.46 bits per heavy atom. The number of carbonyl (C=O) groups excluding carboxylic acids is 1. The van der Waals surface area contributed by atoms with Crippen molar-refractivity contribution in [2.24, 2.45) is 0 Å². The van der Waals surface area contributed by atoms with Gasteiger partial charge in [-0.1, -0.05) is 37.7 Å². The third kappa shape index (κ3) is 6.05. The zero-order valence-electron chi connectivity index (χ0n) is 17.3. The number of nitrogens with zero attached hydrogens (tertiary/aromatic N) is 3. The highest BCUT2D eigenvalue weighted by Crippen LogP contribution is 2.28. The first-order chi connectivity index (χ1) is 13.5. The van der Waals surface area contributed by atoms with Crippen LogP contribution in [0.5, 0.6) is 0 Å². The van der Waals surface area contributed by atoms with Crippen LogP contribution in [0.2, 0.25) is 0 Å². The quantitative estimate of drug-likeness (QED) is 0.456. The van der Waals surface area contributed by atoms with Crippen LogP contribution in [0.25, 0.3) is 0 Å². The van der Waals surface area contributed by atoms with Gasteiger partial charge in [-0.25, -0.2) is 0 Å². The first-order valence-electron chi connectivity index (χ1n) is 9.40. The minimum Gasteiger partial charge on any atom is -0.383 e. The van der Waals surface area contributed by atoms with Crippen LogP contribution >= 0.6 is 11.8 Å². The molecule has 1 aromatic carbocycles. The molecule has 1 heterocycles. The lowest BCUT2D eigenvalue weighted by atomic mass is 10.1. The normalized spacial score (nSPS) is 12.4. The monoisotopic (exact) mass is 406 g/mol. The predicted molar refractivity (Wildman–Crippen MR) is 111 cm³/mol. The predicted octanol–water partition coefficient (Wildman–Crippen LogP) is 3.28. The van der Waals surface area contributed by atoms with E-state index in [-0.39, 0.29) is 17.9 Å². The van der Waals surface area contributed by atoms with Crippen molar-refractivity contribution in [2.45, 2.75) is 43.6 Å². The molecule has 0 saturated carbocycles. The van der Waals surface area contributed by atoms with Gasteiger partial charge >= 0.3 is 0 Å². The number of benzene rings is 1. The van der Waals surface area contributed by atoms with Gasteiger partial charge < -0.3 is 19.4 Å². The highest BCUT2D eigenvalue weighted by atomic mass is 32.2. The third-order valence-electron chi connectivity index (χ3n) is 4.23. The van der Waals surface area contributed by atoms with E-state index in [9.17, 15) is 4.79 Å². The van der Waals surface area contributed by atoms with Gasteiger partial charge in [0.25, 0.3) is 5.91 Å². The molecule has 154 valence electrons. The number of thioether (sulfide) groups is 1. The van der Waals surface area contributed by atoms with E-state index in [2.05, 4.69) is 40.9 Å². The fourth-order valence-corrected chi connectivity index (χ4v) is 3.78. The minimum absolute atomic E-state index is 0.0917. The summed E-state index contributed by atoms with van der Waals surface area (Å²) < 4.78 is 12.4. The molecule has 0 spiro atoms. The maximum absolute atomic E-state index is 12.1. The van der Waals surface area contributed by atoms with E-state index >= 15 is 0 Å². The summed E-state index contributed by atoms with van der Waals surface area (Å²) in [6.45, 7) is 7.95. The molecule has 8 heteroatoms. The van der Waals surface area contributed by atoms with Crippen molar-refractivity contribution in [1.82, 2.24) is 20.1 Å². The molecule has 0 radical (unpaired) electrons. The molecule has 0 aliphatic carbocycles. The minimum atomic E-state index is -0.0917. The number of nitrogens with one attached hydrogen (secondary N) is 1. The Labute approximate surface area is 171 Å². The maximum atomic E-state index is 12.1. The van der Waals surface area contributed by atoms with Crippen molar-refractivity contribution >= 4 is 17.7 Å². The van der Waals surface area contributed by atoms with E-state index in [1.165, 1.54) is 0 Å². The highest BCUT2D eigenvalue weighted by Gasteiger charge is 2.20. The van der Waals surface area contributed by atoms with E-state index in [0.717, 1.165) is 22.3 Å². The van der Waals surface area contributed by atoms with Crippen LogP contribution in [0.4, 0.5) is 0 Å². The van der Waals surface area contributed by atoms with E-state index < -0.39 is 0 Å². The van der Waals surface area contributed by atoms with Crippen LogP contribution in [0.1, 0.15) is 54.5 Å². The van der Waals surface area contributed by atoms with Crippen molar-refractivity contribution < 1.29 is 14.3 Å². The Balaban J connectivity index is 2.03. The highest BCUT2D eigenvalue weighted by molar-refractivity contribution is 7.98. The first kappa shape index (κ1) is 22.4. The van der Waals surface area contributed by atoms with Gasteiger partial charge in [0.05, 0.1) is 19.3 Å². The van der Waals surface area contributed by atoms with Gasteiger partial charge in [0.1, 0.15) is 5.82 Å². The number of rotatable bonds is 11. The van der Waals surface area contributed by atoms with Gasteiger partial charge in [0.2, 0.25) is 0 Å². The molecular weight excluding hydrogens is 376 g/mol. The number of methoxy groups -OCH3 is 2. The van der Waals surface area contributed by atoms with Crippen molar-refractivity contribution in [3.8, 4) is 0 Å². The van der Waals surface area contributed by atoms with Gasteiger partial charge in [-0.3, -0.25) is 4.79 Å². The fraction of sp³-hybridized carbons (Fsp3) is 0.550. The SMILES string of the molecule is COCCNC(=O)c1ccc(CSc2nnc(C(C)C)n2C(C)COC)cc1. The molecule has 0 fully saturated rings. The van der Waals surface area contributed by atoms with Crippen LogP contribution in [-0.4, -0.2) is 54.6 Å². The fourth-order valence-electron chi connectivity index (χ4n) is 2.78. The molecule has 2 aromatic rings. The largest absolute Gasteiger partial charge is 0.383 e. The van der Waals surface area contributed by atoms with E-state index in [0.29, 0.717) is 25.3 Å². The van der Waals surface area contributed by atoms with Gasteiger partial charge in [-0.15, -0.1) is 10.2 Å². The topological polar surface area (TPSA) is 78.3 Å². The maximum Gasteiger partial charge on any atom is 0.251 e. The number of hydrogen-bond acceptors (Lipinski definition) is 6. The van der Waals surface area contributed by atoms with Crippen molar-refractivity contribution in [1.29, 1.82) is 0 Å². The number of hydrogen-bond donors (Lipinski definition) is 1. The summed E-state index contributed by atoms with van der Waals surface area (Å²) in [7, 11) is 3.31. The summed E-state index contributed by atoms with van der Waals surface area (Å²) >= 11 is 1.64. The average Bonchev–Trinajstić information content (AvgIpc) is 3.11. The molecule has 2 rings (SSSR count). The molecule has 7 nitrogen and oxygen atoms in total. The molecule has 1 amide bonds. The van der Waals surface area contributed by atoms with E-state index in [4.69, 9.17) is 9.47 Å². The molecule has 0 aliphatic rings. The number of amides is 1. The molecule has 0 saturated heterocycles. The van der Waals surface area contributed by atoms with Gasteiger partial charge in [0.15, 0.2) is 5.16 Å². The van der Waals surface area contributed by atoms with Crippen LogP contribution in [0.3, 0.4) is 0 Å². The van der Waals surface area contributed by atoms with Crippen molar-refractivity contribution in [3.05, 3.63) is 41.2 Å². The third-order valence-corrected chi connectivity index (χ3v) is 5.25. The van der Waals surface area contributed by atoms with Crippen LogP contribution < -0.4 is 5.32 Å². The van der Waals surface area contributed by atoms with Crippen molar-refractivity contribution in [3.63, 3.8) is 0 Å². The zero-order valence-corrected chi connectivity index (χ0v) is 18.1. The zero-order chi connectivity index (χ0) is 20.5. The lowest BCUT2D eigenvalue weighted by molar-refractivity contribution is 0.0937. The summed E-state index contributed by atoms with van der Waals surface area (Å²) in [5.41, 5.74) is 1.77. The summed E-state index contributed by atoms with van der Waals surface area (Å²) in [5.74, 6) is 1.92. The van der Waals surface area contributed by atoms with Gasteiger partial charge in [-0.05, 0) is 24.6 Å². The summed E-state index contributed by atoms with van der Waals surface area (Å²) in [6, 6.07) is 7.80. The molecule has 28 heavy (non-hydrogen) atoms. The molecular formula is C20H30N4O3S. The second kappa shape index (κ2) is 11.2. The number of ether oxygens (including phenoxy) is 2. The Morgan fingerprint density at radius 1 is 1.14 bits per heavy atom. The molecule has 1 unspecified atom stereocenters. The summed E-state index contributed by atoms with van der Waals surface area (Å²) in [5, 5.41) is 12.5. The summed E-state index contributed by atoms with van der Waals surface area (Å²) in [4.78, 5) is 12.1. The second-order valence-corrected chi connectivity index (χ2v) is 7.85. The Bertz CT molecular complexity index is 746. The van der Waals surface area contributed by atoms with Crippen LogP contribution in [-0.2, 0) is 15.2 Å². The van der Waals surface area contributed by atoms with Gasteiger partial charge in [-0.2, -0.15) is 0 Å². The Kier molecular flexibility index (Phi) is 8.95. The van der Waals surface area contributed by atoms with E-state index in [1.807, 2.05) is 24.3 Å². The molecule has 1 atom stereocenters. The molecule has 0 aliphatic heterocycles. The van der Waals surface area contributed by atoms with Crippen LogP contribution in [0, 0.1) is 0 Å². The summed E-state index contributed by atoms with van der Waals surface area (Å²) in [6.07, 6.45) is 0. The molecule has 0 bridgehead atoms. The lowest BCUT2D eigenvalue weighted by Gasteiger charge is -2.18. The standard InChI is InChI=1S/C20H30N4O3S/c1-14(2)18-22-23-20(24(18)15(3)12-27-5)28-13-16-6-8-17(9-7-16)19(25)21-10-11-26-4/h6-9,14-15H,10-13H2,1-5H3,(H,21,25). The van der Waals surface area contributed by atoms with Crippen LogP contribution in [0.15, 0.2) is 29.4 Å².